The van der Waals surface area contributed by atoms with Crippen molar-refractivity contribution >= 4 is 39.6 Å². The molecule has 0 radical (unpaired) electrons. The van der Waals surface area contributed by atoms with Crippen LogP contribution in [0.4, 0.5) is 4.79 Å². The number of rotatable bonds is 7. The first-order valence-corrected chi connectivity index (χ1v) is 12.2. The van der Waals surface area contributed by atoms with E-state index in [1.807, 2.05) is 28.8 Å². The van der Waals surface area contributed by atoms with Gasteiger partial charge in [0, 0.05) is 49.6 Å². The molecule has 3 atom stereocenters. The van der Waals surface area contributed by atoms with Crippen molar-refractivity contribution in [3.8, 4) is 5.88 Å². The Morgan fingerprint density at radius 1 is 1.31 bits per heavy atom. The van der Waals surface area contributed by atoms with Gasteiger partial charge >= 0.3 is 6.03 Å². The minimum Gasteiger partial charge on any atom is -0.473 e. The predicted octanol–water partition coefficient (Wildman–Crippen LogP) is 2.94. The smallest absolute Gasteiger partial charge is 0.315 e. The number of amides is 3. The van der Waals surface area contributed by atoms with Gasteiger partial charge in [-0.25, -0.2) is 9.78 Å². The molecule has 3 saturated heterocycles. The number of carbonyl (C=O) groups is 2. The lowest BCUT2D eigenvalue weighted by atomic mass is 10.0. The Labute approximate surface area is 183 Å². The molecule has 3 aliphatic heterocycles. The molecule has 0 spiro atoms. The third kappa shape index (κ3) is 5.17. The van der Waals surface area contributed by atoms with Gasteiger partial charge in [-0.3, -0.25) is 4.79 Å². The Balaban J connectivity index is 1.13. The maximum absolute atomic E-state index is 12.5. The number of thioether (sulfide) groups is 1. The predicted molar refractivity (Wildman–Crippen MR) is 116 cm³/mol. The number of hydrogen-bond donors (Lipinski definition) is 2. The van der Waals surface area contributed by atoms with Crippen molar-refractivity contribution < 1.29 is 14.3 Å². The summed E-state index contributed by atoms with van der Waals surface area (Å²) in [6.07, 6.45) is 7.09. The minimum absolute atomic E-state index is 0.0386. The molecule has 0 aliphatic carbocycles. The molecule has 4 heterocycles. The molecule has 2 N–H and O–H groups in total. The molecule has 0 saturated carbocycles. The highest BCUT2D eigenvalue weighted by atomic mass is 79.9. The molecule has 1 aromatic heterocycles. The molecule has 3 amide bonds. The number of ether oxygens (including phenoxy) is 1. The molecule has 158 valence electrons. The molecule has 4 rings (SSSR count). The number of unbranched alkanes of at least 4 members (excludes halogenated alkanes) is 1. The zero-order chi connectivity index (χ0) is 20.2. The Hall–Kier alpha value is -1.48. The third-order valence-electron chi connectivity index (χ3n) is 5.87. The number of aromatic nitrogens is 1. The van der Waals surface area contributed by atoms with Gasteiger partial charge in [0.05, 0.1) is 16.6 Å². The topological polar surface area (TPSA) is 83.6 Å². The minimum atomic E-state index is -0.0386. The number of nitrogens with one attached hydrogen (secondary N) is 2. The van der Waals surface area contributed by atoms with Crippen molar-refractivity contribution in [2.75, 3.05) is 18.8 Å². The van der Waals surface area contributed by atoms with E-state index in [2.05, 4.69) is 31.5 Å². The summed E-state index contributed by atoms with van der Waals surface area (Å²) in [6.45, 7) is 1.49. The lowest BCUT2D eigenvalue weighted by Gasteiger charge is -2.32. The summed E-state index contributed by atoms with van der Waals surface area (Å²) in [4.78, 5) is 30.2. The zero-order valence-corrected chi connectivity index (χ0v) is 18.7. The van der Waals surface area contributed by atoms with Gasteiger partial charge in [-0.15, -0.1) is 0 Å². The normalized spacial score (nSPS) is 26.7. The van der Waals surface area contributed by atoms with Crippen LogP contribution < -0.4 is 15.4 Å². The number of likely N-dealkylation sites (tertiary alicyclic amines) is 1. The van der Waals surface area contributed by atoms with Gasteiger partial charge < -0.3 is 20.3 Å². The molecular formula is C20H27BrN4O3S. The summed E-state index contributed by atoms with van der Waals surface area (Å²) >= 11 is 5.39. The van der Waals surface area contributed by atoms with Crippen LogP contribution >= 0.6 is 27.7 Å². The molecular weight excluding hydrogens is 456 g/mol. The van der Waals surface area contributed by atoms with Gasteiger partial charge in [-0.2, -0.15) is 11.8 Å². The second kappa shape index (κ2) is 9.55. The van der Waals surface area contributed by atoms with Crippen molar-refractivity contribution in [3.05, 3.63) is 22.8 Å². The van der Waals surface area contributed by atoms with Crippen LogP contribution in [0.2, 0.25) is 0 Å². The van der Waals surface area contributed by atoms with E-state index in [-0.39, 0.29) is 30.1 Å². The van der Waals surface area contributed by atoms with Crippen molar-refractivity contribution in [3.63, 3.8) is 0 Å². The van der Waals surface area contributed by atoms with Crippen LogP contribution in [0.25, 0.3) is 0 Å². The summed E-state index contributed by atoms with van der Waals surface area (Å²) < 4.78 is 6.84. The maximum Gasteiger partial charge on any atom is 0.315 e. The lowest BCUT2D eigenvalue weighted by Crippen LogP contribution is -2.41. The van der Waals surface area contributed by atoms with E-state index in [0.29, 0.717) is 17.6 Å². The van der Waals surface area contributed by atoms with E-state index in [9.17, 15) is 9.59 Å². The summed E-state index contributed by atoms with van der Waals surface area (Å²) in [5, 5.41) is 6.46. The Kier molecular flexibility index (Phi) is 6.85. The average Bonchev–Trinajstić information content (AvgIpc) is 3.27. The fourth-order valence-electron chi connectivity index (χ4n) is 4.26. The third-order valence-corrected chi connectivity index (χ3v) is 7.98. The van der Waals surface area contributed by atoms with Crippen molar-refractivity contribution in [1.29, 1.82) is 0 Å². The molecule has 3 fully saturated rings. The molecule has 29 heavy (non-hydrogen) atoms. The highest BCUT2D eigenvalue weighted by Gasteiger charge is 2.42. The van der Waals surface area contributed by atoms with Crippen molar-refractivity contribution in [2.24, 2.45) is 0 Å². The van der Waals surface area contributed by atoms with Crippen LogP contribution in [0.5, 0.6) is 5.88 Å². The summed E-state index contributed by atoms with van der Waals surface area (Å²) in [5.74, 6) is 1.85. The van der Waals surface area contributed by atoms with Crippen LogP contribution in [0.3, 0.4) is 0 Å². The van der Waals surface area contributed by atoms with E-state index in [1.165, 1.54) is 0 Å². The lowest BCUT2D eigenvalue weighted by molar-refractivity contribution is -0.133. The average molecular weight is 483 g/mol. The van der Waals surface area contributed by atoms with E-state index in [1.54, 1.807) is 6.20 Å². The van der Waals surface area contributed by atoms with Crippen molar-refractivity contribution in [1.82, 2.24) is 20.5 Å². The summed E-state index contributed by atoms with van der Waals surface area (Å²) in [7, 11) is 0. The maximum atomic E-state index is 12.5. The van der Waals surface area contributed by atoms with Crippen LogP contribution in [0.15, 0.2) is 22.8 Å². The SMILES string of the molecule is O=C1N[C@H]2[C@H](CS[C@H]2CCCCC(=O)N2CCC(Oc3ncccc3Br)CC2)N1. The number of hydrogen-bond acceptors (Lipinski definition) is 5. The largest absolute Gasteiger partial charge is 0.473 e. The van der Waals surface area contributed by atoms with Gasteiger partial charge in [-0.1, -0.05) is 6.42 Å². The molecule has 7 nitrogen and oxygen atoms in total. The van der Waals surface area contributed by atoms with Crippen molar-refractivity contribution in [2.45, 2.75) is 62.0 Å². The molecule has 3 aliphatic rings. The van der Waals surface area contributed by atoms with Crippen LogP contribution in [0, 0.1) is 0 Å². The molecule has 9 heteroatoms. The quantitative estimate of drug-likeness (QED) is 0.461. The zero-order valence-electron chi connectivity index (χ0n) is 16.3. The van der Waals surface area contributed by atoms with E-state index < -0.39 is 0 Å². The standard InChI is InChI=1S/C20H27BrN4O3S/c21-14-4-3-9-22-19(14)28-13-7-10-25(11-8-13)17(26)6-2-1-5-16-18-15(12-29-16)23-20(27)24-18/h3-4,9,13,15-16,18H,1-2,5-8,10-12H2,(H2,23,24,27)/t15-,16-,18-/m0/s1. The second-order valence-corrected chi connectivity index (χ2v) is 9.98. The number of piperidine rings is 1. The highest BCUT2D eigenvalue weighted by molar-refractivity contribution is 9.10. The number of urea groups is 1. The van der Waals surface area contributed by atoms with Gasteiger partial charge in [-0.05, 0) is 40.9 Å². The first-order valence-electron chi connectivity index (χ1n) is 10.3. The molecule has 0 unspecified atom stereocenters. The Bertz CT molecular complexity index is 744. The van der Waals surface area contributed by atoms with Gasteiger partial charge in [0.15, 0.2) is 0 Å². The molecule has 0 aromatic carbocycles. The monoisotopic (exact) mass is 482 g/mol. The highest BCUT2D eigenvalue weighted by Crippen LogP contribution is 2.33. The number of halogens is 1. The van der Waals surface area contributed by atoms with Crippen LogP contribution in [-0.2, 0) is 4.79 Å². The van der Waals surface area contributed by atoms with Crippen LogP contribution in [-0.4, -0.2) is 64.1 Å². The Morgan fingerprint density at radius 3 is 2.93 bits per heavy atom. The number of pyridine rings is 1. The second-order valence-electron chi connectivity index (χ2n) is 7.86. The molecule has 0 bridgehead atoms. The fourth-order valence-corrected chi connectivity index (χ4v) is 6.15. The Morgan fingerprint density at radius 2 is 2.14 bits per heavy atom. The van der Waals surface area contributed by atoms with Gasteiger partial charge in [0.25, 0.3) is 0 Å². The van der Waals surface area contributed by atoms with Crippen LogP contribution in [0.1, 0.15) is 38.5 Å². The first-order chi connectivity index (χ1) is 14.1. The fraction of sp³-hybridized carbons (Fsp3) is 0.650. The van der Waals surface area contributed by atoms with Gasteiger partial charge in [0.2, 0.25) is 11.8 Å². The van der Waals surface area contributed by atoms with Gasteiger partial charge in [0.1, 0.15) is 6.10 Å². The first kappa shape index (κ1) is 20.8. The van der Waals surface area contributed by atoms with E-state index in [0.717, 1.165) is 55.4 Å². The number of nitrogens with zero attached hydrogens (tertiary/aromatic N) is 2. The molecule has 1 aromatic rings. The summed E-state index contributed by atoms with van der Waals surface area (Å²) in [6, 6.07) is 4.27. The number of carbonyl (C=O) groups excluding carboxylic acids is 2. The van der Waals surface area contributed by atoms with E-state index in [4.69, 9.17) is 4.74 Å². The number of fused-ring (bicyclic) bond motifs is 1. The van der Waals surface area contributed by atoms with E-state index >= 15 is 0 Å². The summed E-state index contributed by atoms with van der Waals surface area (Å²) in [5.41, 5.74) is 0.